The molecule has 2 bridgehead atoms. The van der Waals surface area contributed by atoms with E-state index in [1.165, 1.54) is 6.20 Å². The van der Waals surface area contributed by atoms with Crippen LogP contribution in [0.5, 0.6) is 0 Å². The molecule has 15 nitrogen and oxygen atoms in total. The summed E-state index contributed by atoms with van der Waals surface area (Å²) < 4.78 is 51.5. The van der Waals surface area contributed by atoms with Gasteiger partial charge in [0.25, 0.3) is 0 Å². The van der Waals surface area contributed by atoms with E-state index in [1.807, 2.05) is 0 Å². The number of phosphoric acid groups is 2. The van der Waals surface area contributed by atoms with Crippen molar-refractivity contribution in [3.63, 3.8) is 0 Å². The number of anilines is 1. The van der Waals surface area contributed by atoms with Gasteiger partial charge in [-0.1, -0.05) is 12.8 Å². The normalized spacial score (nSPS) is 28.3. The first-order valence-electron chi connectivity index (χ1n) is 10.6. The number of nitrogen functional groups attached to an aromatic ring is 1. The Labute approximate surface area is 195 Å². The van der Waals surface area contributed by atoms with Crippen LogP contribution in [0.15, 0.2) is 11.0 Å². The summed E-state index contributed by atoms with van der Waals surface area (Å²) in [6.45, 7) is 1.07. The summed E-state index contributed by atoms with van der Waals surface area (Å²) in [5.74, 6) is 0.0115. The van der Waals surface area contributed by atoms with Gasteiger partial charge in [0.05, 0.1) is 19.8 Å². The summed E-state index contributed by atoms with van der Waals surface area (Å²) in [5, 5.41) is 0. The number of phosphoric ester groups is 2. The zero-order valence-corrected chi connectivity index (χ0v) is 20.3. The molecule has 3 rings (SSSR count). The highest BCUT2D eigenvalue weighted by Crippen LogP contribution is 2.55. The lowest BCUT2D eigenvalue weighted by Gasteiger charge is -2.31. The summed E-state index contributed by atoms with van der Waals surface area (Å²) >= 11 is 0. The van der Waals surface area contributed by atoms with Gasteiger partial charge in [-0.3, -0.25) is 18.1 Å². The van der Waals surface area contributed by atoms with Gasteiger partial charge >= 0.3 is 21.3 Å². The summed E-state index contributed by atoms with van der Waals surface area (Å²) in [4.78, 5) is 44.7. The maximum atomic E-state index is 12.6. The molecule has 3 heterocycles. The molecule has 17 heteroatoms. The average molecular weight is 528 g/mol. The fourth-order valence-electron chi connectivity index (χ4n) is 3.78. The van der Waals surface area contributed by atoms with Gasteiger partial charge < -0.3 is 35.6 Å². The van der Waals surface area contributed by atoms with Crippen LogP contribution in [-0.2, 0) is 32.2 Å². The van der Waals surface area contributed by atoms with Crippen LogP contribution in [0.4, 0.5) is 5.82 Å². The predicted molar refractivity (Wildman–Crippen MR) is 116 cm³/mol. The van der Waals surface area contributed by atoms with Crippen LogP contribution in [0.3, 0.4) is 0 Å². The van der Waals surface area contributed by atoms with Gasteiger partial charge in [-0.25, -0.2) is 13.9 Å². The second-order valence-corrected chi connectivity index (χ2v) is 10.8. The number of hydrogen-bond acceptors (Lipinski definition) is 11. The van der Waals surface area contributed by atoms with Crippen molar-refractivity contribution in [2.24, 2.45) is 5.73 Å². The number of aryl methyl sites for hydroxylation is 1. The Morgan fingerprint density at radius 2 is 1.94 bits per heavy atom. The fourth-order valence-corrected chi connectivity index (χ4v) is 5.19. The van der Waals surface area contributed by atoms with Crippen molar-refractivity contribution in [3.8, 4) is 0 Å². The van der Waals surface area contributed by atoms with Crippen LogP contribution >= 0.6 is 15.6 Å². The third kappa shape index (κ3) is 6.50. The smallest absolute Gasteiger partial charge is 0.383 e. The van der Waals surface area contributed by atoms with Crippen LogP contribution in [0.25, 0.3) is 0 Å². The number of nitrogens with two attached hydrogens (primary N) is 2. The van der Waals surface area contributed by atoms with Gasteiger partial charge in [0, 0.05) is 11.8 Å². The third-order valence-corrected chi connectivity index (χ3v) is 6.97. The predicted octanol–water partition coefficient (Wildman–Crippen LogP) is -0.0691. The molecule has 2 aliphatic heterocycles. The van der Waals surface area contributed by atoms with E-state index in [4.69, 9.17) is 39.8 Å². The Kier molecular flexibility index (Phi) is 8.70. The lowest BCUT2D eigenvalue weighted by Crippen LogP contribution is -2.46. The topological polar surface area (TPSA) is 228 Å². The van der Waals surface area contributed by atoms with Gasteiger partial charge in [0.15, 0.2) is 6.23 Å². The molecule has 194 valence electrons. The van der Waals surface area contributed by atoms with Crippen LogP contribution in [0.1, 0.15) is 37.5 Å². The zero-order valence-electron chi connectivity index (χ0n) is 18.5. The molecule has 34 heavy (non-hydrogen) atoms. The second-order valence-electron chi connectivity index (χ2n) is 8.14. The first-order chi connectivity index (χ1) is 15.9. The van der Waals surface area contributed by atoms with Crippen LogP contribution < -0.4 is 17.2 Å². The average Bonchev–Trinajstić information content (AvgIpc) is 3.22. The molecule has 2 aliphatic rings. The number of nitrogens with zero attached hydrogens (tertiary/aromatic N) is 2. The van der Waals surface area contributed by atoms with E-state index in [9.17, 15) is 18.8 Å². The fraction of sp³-hybridized carbons (Fsp3) is 0.765. The molecule has 0 aromatic carbocycles. The van der Waals surface area contributed by atoms with Crippen molar-refractivity contribution in [2.75, 3.05) is 32.1 Å². The monoisotopic (exact) mass is 528 g/mol. The number of ether oxygens (including phenoxy) is 2. The van der Waals surface area contributed by atoms with Gasteiger partial charge in [0.2, 0.25) is 0 Å². The third-order valence-electron chi connectivity index (χ3n) is 5.50. The molecule has 0 amide bonds. The molecule has 1 aromatic rings. The minimum absolute atomic E-state index is 0.0115. The molecule has 0 saturated carbocycles. The minimum atomic E-state index is -4.94. The second kappa shape index (κ2) is 10.8. The van der Waals surface area contributed by atoms with Crippen molar-refractivity contribution in [3.05, 3.63) is 22.2 Å². The number of aromatic nitrogens is 2. The Morgan fingerprint density at radius 1 is 1.24 bits per heavy atom. The van der Waals surface area contributed by atoms with Gasteiger partial charge in [-0.15, -0.1) is 0 Å². The molecule has 7 N–H and O–H groups in total. The Hall–Kier alpha value is -1.22. The number of hydrogen-bond donors (Lipinski definition) is 5. The standard InChI is InChI=1S/C17H30N4O11P2/c1-11-8-21(16(22)20-14(11)19)15-12-13(17(31-15,9-28-12)10-30-33(23,24)25)32-34(26,27)29-7-5-3-2-4-6-18/h8,12-13,15H,2-7,9-10,18H2,1H3,(H,26,27)(H2,19,20,22)(H2,23,24,25)/t12?,13-,15-,17-/m1/s1. The molecule has 0 spiro atoms. The Morgan fingerprint density at radius 3 is 2.62 bits per heavy atom. The Bertz CT molecular complexity index is 1020. The minimum Gasteiger partial charge on any atom is -0.383 e. The van der Waals surface area contributed by atoms with Gasteiger partial charge in [0.1, 0.15) is 23.6 Å². The van der Waals surface area contributed by atoms with E-state index in [2.05, 4.69) is 9.51 Å². The lowest BCUT2D eigenvalue weighted by molar-refractivity contribution is -0.185. The SMILES string of the molecule is Cc1cn([C@@H]2O[C@@]3(COP(=O)(O)O)COC2[C@H]3OP(=O)(O)OCCCCCCN)c(=O)nc1N. The van der Waals surface area contributed by atoms with Crippen molar-refractivity contribution < 1.29 is 46.9 Å². The molecule has 0 aliphatic carbocycles. The molecular formula is C17H30N4O11P2. The highest BCUT2D eigenvalue weighted by molar-refractivity contribution is 7.47. The zero-order chi connectivity index (χ0) is 25.1. The van der Waals surface area contributed by atoms with Crippen LogP contribution in [-0.4, -0.2) is 68.4 Å². The lowest BCUT2D eigenvalue weighted by atomic mass is 10.0. The van der Waals surface area contributed by atoms with Gasteiger partial charge in [-0.05, 0) is 26.3 Å². The van der Waals surface area contributed by atoms with Crippen molar-refractivity contribution in [2.45, 2.75) is 56.6 Å². The first-order valence-corrected chi connectivity index (χ1v) is 13.6. The largest absolute Gasteiger partial charge is 0.472 e. The molecule has 2 saturated heterocycles. The summed E-state index contributed by atoms with van der Waals surface area (Å²) in [7, 11) is -9.58. The molecule has 2 fully saturated rings. The summed E-state index contributed by atoms with van der Waals surface area (Å²) in [5.41, 5.74) is 9.05. The van der Waals surface area contributed by atoms with Crippen LogP contribution in [0, 0.1) is 6.92 Å². The number of unbranched alkanes of at least 4 members (excludes halogenated alkanes) is 3. The number of fused-ring (bicyclic) bond motifs is 2. The van der Waals surface area contributed by atoms with E-state index >= 15 is 0 Å². The van der Waals surface area contributed by atoms with E-state index < -0.39 is 52.0 Å². The van der Waals surface area contributed by atoms with E-state index in [1.54, 1.807) is 6.92 Å². The molecule has 1 aromatic heterocycles. The van der Waals surface area contributed by atoms with Crippen molar-refractivity contribution in [1.29, 1.82) is 0 Å². The Balaban J connectivity index is 1.79. The quantitative estimate of drug-likeness (QED) is 0.167. The van der Waals surface area contributed by atoms with E-state index in [-0.39, 0.29) is 19.0 Å². The van der Waals surface area contributed by atoms with E-state index in [0.29, 0.717) is 18.5 Å². The highest BCUT2D eigenvalue weighted by atomic mass is 31.2. The van der Waals surface area contributed by atoms with Gasteiger partial charge in [-0.2, -0.15) is 4.98 Å². The van der Waals surface area contributed by atoms with E-state index in [0.717, 1.165) is 23.8 Å². The van der Waals surface area contributed by atoms with Crippen molar-refractivity contribution in [1.82, 2.24) is 9.55 Å². The highest BCUT2D eigenvalue weighted by Gasteiger charge is 2.65. The summed E-state index contributed by atoms with van der Waals surface area (Å²) in [6, 6.07) is 0. The molecule has 2 unspecified atom stereocenters. The van der Waals surface area contributed by atoms with Crippen molar-refractivity contribution >= 4 is 21.5 Å². The maximum Gasteiger partial charge on any atom is 0.472 e. The molecule has 5 atom stereocenters. The first kappa shape index (κ1) is 27.4. The molecular weight excluding hydrogens is 498 g/mol. The van der Waals surface area contributed by atoms with Crippen LogP contribution in [0.2, 0.25) is 0 Å². The maximum absolute atomic E-state index is 12.6. The number of rotatable bonds is 13. The molecule has 0 radical (unpaired) electrons. The summed E-state index contributed by atoms with van der Waals surface area (Å²) in [6.07, 6.45) is 0.600.